The Bertz CT molecular complexity index is 626. The number of hydrogen-bond acceptors (Lipinski definition) is 5. The Kier molecular flexibility index (Phi) is 2.76. The molecule has 0 amide bonds. The molecule has 0 aliphatic carbocycles. The van der Waals surface area contributed by atoms with Crippen molar-refractivity contribution in [1.29, 1.82) is 5.26 Å². The Hall–Kier alpha value is -2.00. The number of hydrogen-bond donors (Lipinski definition) is 2. The van der Waals surface area contributed by atoms with Gasteiger partial charge in [0, 0.05) is 23.2 Å². The van der Waals surface area contributed by atoms with Gasteiger partial charge in [-0.2, -0.15) is 5.26 Å². The van der Waals surface area contributed by atoms with Crippen LogP contribution in [0.25, 0.3) is 0 Å². The highest BCUT2D eigenvalue weighted by Crippen LogP contribution is 2.51. The summed E-state index contributed by atoms with van der Waals surface area (Å²) in [6, 6.07) is 2.29. The minimum absolute atomic E-state index is 0.197. The zero-order valence-electron chi connectivity index (χ0n) is 12.0. The van der Waals surface area contributed by atoms with E-state index in [4.69, 9.17) is 10.5 Å². The predicted molar refractivity (Wildman–Crippen MR) is 73.7 cm³/mol. The minimum Gasteiger partial charge on any atom is -0.420 e. The van der Waals surface area contributed by atoms with E-state index in [1.807, 2.05) is 6.92 Å². The highest BCUT2D eigenvalue weighted by atomic mass is 16.5. The van der Waals surface area contributed by atoms with Crippen LogP contribution < -0.4 is 10.5 Å². The van der Waals surface area contributed by atoms with E-state index in [0.717, 1.165) is 30.8 Å². The van der Waals surface area contributed by atoms with Crippen molar-refractivity contribution in [2.24, 2.45) is 11.7 Å². The summed E-state index contributed by atoms with van der Waals surface area (Å²) in [5, 5.41) is 16.8. The van der Waals surface area contributed by atoms with Gasteiger partial charge in [-0.15, -0.1) is 5.10 Å². The second-order valence-corrected chi connectivity index (χ2v) is 5.87. The zero-order valence-corrected chi connectivity index (χ0v) is 12.0. The molecular formula is C14H19N5O. The number of H-pyrrole nitrogens is 1. The third kappa shape index (κ3) is 1.50. The molecule has 0 bridgehead atoms. The summed E-state index contributed by atoms with van der Waals surface area (Å²) in [7, 11) is 2.10. The van der Waals surface area contributed by atoms with Crippen molar-refractivity contribution in [3.8, 4) is 11.9 Å². The number of fused-ring (bicyclic) bond motifs is 2. The molecule has 0 aromatic carbocycles. The number of nitriles is 1. The number of nitrogens with one attached hydrogen (secondary N) is 1. The Morgan fingerprint density at radius 1 is 1.60 bits per heavy atom. The minimum atomic E-state index is -0.379. The first-order valence-corrected chi connectivity index (χ1v) is 6.83. The molecule has 6 heteroatoms. The highest BCUT2D eigenvalue weighted by Gasteiger charge is 2.52. The van der Waals surface area contributed by atoms with Crippen molar-refractivity contribution in [3.63, 3.8) is 0 Å². The molecule has 1 aromatic heterocycles. The topological polar surface area (TPSA) is 91.0 Å². The lowest BCUT2D eigenvalue weighted by atomic mass is 9.61. The van der Waals surface area contributed by atoms with Crippen LogP contribution >= 0.6 is 0 Å². The average Bonchev–Trinajstić information content (AvgIpc) is 2.76. The Balaban J connectivity index is 2.25. The lowest BCUT2D eigenvalue weighted by Gasteiger charge is -2.47. The standard InChI is InChI=1S/C14H19N5O/c1-8-7-19(3)5-4-14(8)10(6-15)12(16)20-13-11(14)9(2)17-18-13/h8H,4-5,7,16H2,1-3H3,(H,17,18)/t8-,14+/m1/s1. The fourth-order valence-corrected chi connectivity index (χ4v) is 3.73. The van der Waals surface area contributed by atoms with E-state index in [-0.39, 0.29) is 17.2 Å². The van der Waals surface area contributed by atoms with Gasteiger partial charge in [-0.05, 0) is 32.9 Å². The highest BCUT2D eigenvalue weighted by molar-refractivity contribution is 5.55. The summed E-state index contributed by atoms with van der Waals surface area (Å²) < 4.78 is 5.54. The van der Waals surface area contributed by atoms with Gasteiger partial charge < -0.3 is 15.4 Å². The number of nitrogens with two attached hydrogens (primary N) is 1. The van der Waals surface area contributed by atoms with E-state index in [1.54, 1.807) is 0 Å². The summed E-state index contributed by atoms with van der Waals surface area (Å²) in [5.74, 6) is 0.992. The van der Waals surface area contributed by atoms with E-state index in [9.17, 15) is 5.26 Å². The fourth-order valence-electron chi connectivity index (χ4n) is 3.73. The smallest absolute Gasteiger partial charge is 0.244 e. The molecule has 0 unspecified atom stereocenters. The number of nitrogens with zero attached hydrogens (tertiary/aromatic N) is 3. The molecule has 1 spiro atoms. The summed E-state index contributed by atoms with van der Waals surface area (Å²) in [6.45, 7) is 5.98. The maximum Gasteiger partial charge on any atom is 0.244 e. The SMILES string of the molecule is Cc1[nH]nc2c1[C@]1(CCN(C)C[C@H]1C)C(C#N)=C(N)O2. The third-order valence-corrected chi connectivity index (χ3v) is 4.69. The predicted octanol–water partition coefficient (Wildman–Crippen LogP) is 1.01. The number of ether oxygens (including phenoxy) is 1. The van der Waals surface area contributed by atoms with Gasteiger partial charge in [0.25, 0.3) is 0 Å². The first-order valence-electron chi connectivity index (χ1n) is 6.83. The van der Waals surface area contributed by atoms with Crippen molar-refractivity contribution >= 4 is 0 Å². The van der Waals surface area contributed by atoms with Crippen LogP contribution in [0.2, 0.25) is 0 Å². The quantitative estimate of drug-likeness (QED) is 0.736. The van der Waals surface area contributed by atoms with Crippen LogP contribution in [-0.2, 0) is 5.41 Å². The summed E-state index contributed by atoms with van der Waals surface area (Å²) in [5.41, 5.74) is 8.11. The second kappa shape index (κ2) is 4.25. The van der Waals surface area contributed by atoms with Crippen LogP contribution in [0, 0.1) is 24.2 Å². The van der Waals surface area contributed by atoms with Gasteiger partial charge in [-0.1, -0.05) is 6.92 Å². The monoisotopic (exact) mass is 273 g/mol. The van der Waals surface area contributed by atoms with Gasteiger partial charge in [0.2, 0.25) is 11.8 Å². The van der Waals surface area contributed by atoms with Crippen molar-refractivity contribution in [1.82, 2.24) is 15.1 Å². The molecule has 0 saturated carbocycles. The Morgan fingerprint density at radius 3 is 3.00 bits per heavy atom. The lowest BCUT2D eigenvalue weighted by molar-refractivity contribution is 0.135. The van der Waals surface area contributed by atoms with Crippen molar-refractivity contribution in [2.75, 3.05) is 20.1 Å². The maximum atomic E-state index is 9.60. The summed E-state index contributed by atoms with van der Waals surface area (Å²) >= 11 is 0. The normalized spacial score (nSPS) is 30.0. The van der Waals surface area contributed by atoms with E-state index in [2.05, 4.69) is 35.1 Å². The number of aryl methyl sites for hydroxylation is 1. The molecule has 0 radical (unpaired) electrons. The molecule has 6 nitrogen and oxygen atoms in total. The molecule has 1 aromatic rings. The maximum absolute atomic E-state index is 9.60. The molecule has 106 valence electrons. The first-order chi connectivity index (χ1) is 9.50. The number of likely N-dealkylation sites (tertiary alicyclic amines) is 1. The largest absolute Gasteiger partial charge is 0.420 e. The van der Waals surface area contributed by atoms with Crippen LogP contribution in [-0.4, -0.2) is 35.2 Å². The molecular weight excluding hydrogens is 254 g/mol. The van der Waals surface area contributed by atoms with Gasteiger partial charge in [-0.25, -0.2) is 0 Å². The van der Waals surface area contributed by atoms with Crippen LogP contribution in [0.5, 0.6) is 5.88 Å². The van der Waals surface area contributed by atoms with Gasteiger partial charge in [-0.3, -0.25) is 5.10 Å². The van der Waals surface area contributed by atoms with Gasteiger partial charge in [0.05, 0.1) is 0 Å². The molecule has 1 saturated heterocycles. The van der Waals surface area contributed by atoms with Crippen LogP contribution in [0.15, 0.2) is 11.5 Å². The van der Waals surface area contributed by atoms with E-state index in [1.165, 1.54) is 0 Å². The van der Waals surface area contributed by atoms with E-state index in [0.29, 0.717) is 11.5 Å². The molecule has 3 N–H and O–H groups in total. The van der Waals surface area contributed by atoms with Crippen molar-refractivity contribution in [3.05, 3.63) is 22.7 Å². The molecule has 3 heterocycles. The first kappa shape index (κ1) is 13.0. The van der Waals surface area contributed by atoms with Crippen molar-refractivity contribution < 1.29 is 4.74 Å². The molecule has 20 heavy (non-hydrogen) atoms. The number of allylic oxidation sites excluding steroid dienone is 1. The number of aromatic nitrogens is 2. The zero-order chi connectivity index (χ0) is 14.5. The molecule has 2 aliphatic heterocycles. The number of aromatic amines is 1. The fraction of sp³-hybridized carbons (Fsp3) is 0.571. The van der Waals surface area contributed by atoms with Crippen molar-refractivity contribution in [2.45, 2.75) is 25.7 Å². The summed E-state index contributed by atoms with van der Waals surface area (Å²) in [4.78, 5) is 2.28. The van der Waals surface area contributed by atoms with Crippen LogP contribution in [0.3, 0.4) is 0 Å². The number of piperidine rings is 1. The van der Waals surface area contributed by atoms with E-state index < -0.39 is 0 Å². The summed E-state index contributed by atoms with van der Waals surface area (Å²) in [6.07, 6.45) is 0.852. The Morgan fingerprint density at radius 2 is 2.35 bits per heavy atom. The molecule has 3 rings (SSSR count). The molecule has 2 aliphatic rings. The van der Waals surface area contributed by atoms with Gasteiger partial charge in [0.1, 0.15) is 11.6 Å². The van der Waals surface area contributed by atoms with E-state index >= 15 is 0 Å². The van der Waals surface area contributed by atoms with Gasteiger partial charge in [0.15, 0.2) is 0 Å². The molecule has 2 atom stereocenters. The third-order valence-electron chi connectivity index (χ3n) is 4.69. The van der Waals surface area contributed by atoms with Crippen LogP contribution in [0.4, 0.5) is 0 Å². The molecule has 1 fully saturated rings. The number of rotatable bonds is 0. The second-order valence-electron chi connectivity index (χ2n) is 5.87. The van der Waals surface area contributed by atoms with Crippen LogP contribution in [0.1, 0.15) is 24.6 Å². The Labute approximate surface area is 118 Å². The average molecular weight is 273 g/mol. The lowest BCUT2D eigenvalue weighted by Crippen LogP contribution is -2.51. The van der Waals surface area contributed by atoms with Gasteiger partial charge >= 0.3 is 0 Å².